The fraction of sp³-hybridized carbons (Fsp3) is 0.455. The van der Waals surface area contributed by atoms with Crippen molar-refractivity contribution >= 4 is 0 Å². The molecule has 4 heteroatoms. The van der Waals surface area contributed by atoms with Gasteiger partial charge in [0.2, 0.25) is 0 Å². The first-order valence-corrected chi connectivity index (χ1v) is 4.69. The van der Waals surface area contributed by atoms with Crippen LogP contribution in [-0.4, -0.2) is 20.7 Å². The molecule has 0 saturated heterocycles. The molecule has 0 spiro atoms. The van der Waals surface area contributed by atoms with Gasteiger partial charge in [-0.1, -0.05) is 0 Å². The smallest absolute Gasteiger partial charge is 0.149 e. The highest BCUT2D eigenvalue weighted by atomic mass is 19.1. The number of benzene rings is 1. The lowest BCUT2D eigenvalue weighted by molar-refractivity contribution is 0.184. The lowest BCUT2D eigenvalue weighted by atomic mass is 9.96. The maximum Gasteiger partial charge on any atom is 0.149 e. The van der Waals surface area contributed by atoms with Crippen LogP contribution in [0.25, 0.3) is 0 Å². The molecule has 0 fully saturated rings. The molecule has 1 aromatic rings. The van der Waals surface area contributed by atoms with E-state index in [9.17, 15) is 8.78 Å². The summed E-state index contributed by atoms with van der Waals surface area (Å²) in [7, 11) is 3.08. The molecular formula is C11H15F2NO. The highest BCUT2D eigenvalue weighted by molar-refractivity contribution is 5.38. The Labute approximate surface area is 88.3 Å². The van der Waals surface area contributed by atoms with E-state index >= 15 is 0 Å². The summed E-state index contributed by atoms with van der Waals surface area (Å²) in [5, 5.41) is 2.72. The first kappa shape index (κ1) is 11.9. The second-order valence-corrected chi connectivity index (χ2v) is 3.57. The predicted octanol–water partition coefficient (Wildman–Crippen LogP) is 2.24. The zero-order valence-electron chi connectivity index (χ0n) is 9.10. The minimum absolute atomic E-state index is 0.104. The second kappa shape index (κ2) is 4.57. The predicted molar refractivity (Wildman–Crippen MR) is 55.3 cm³/mol. The Morgan fingerprint density at radius 1 is 1.47 bits per heavy atom. The van der Waals surface area contributed by atoms with Crippen molar-refractivity contribution in [2.24, 2.45) is 0 Å². The van der Waals surface area contributed by atoms with Gasteiger partial charge >= 0.3 is 0 Å². The quantitative estimate of drug-likeness (QED) is 0.831. The summed E-state index contributed by atoms with van der Waals surface area (Å²) in [5.74, 6) is -0.109. The van der Waals surface area contributed by atoms with Crippen LogP contribution in [0.3, 0.4) is 0 Å². The molecule has 0 saturated carbocycles. The van der Waals surface area contributed by atoms with Crippen LogP contribution in [0.1, 0.15) is 12.5 Å². The average Bonchev–Trinajstić information content (AvgIpc) is 2.17. The third-order valence-corrected chi connectivity index (χ3v) is 2.23. The van der Waals surface area contributed by atoms with Crippen molar-refractivity contribution in [1.82, 2.24) is 5.32 Å². The molecule has 0 aliphatic heterocycles. The van der Waals surface area contributed by atoms with E-state index in [1.54, 1.807) is 7.05 Å². The highest BCUT2D eigenvalue weighted by Crippen LogP contribution is 2.33. The Bertz CT molecular complexity index is 339. The van der Waals surface area contributed by atoms with Crippen LogP contribution in [0.2, 0.25) is 0 Å². The summed E-state index contributed by atoms with van der Waals surface area (Å²) < 4.78 is 32.2. The van der Waals surface area contributed by atoms with Crippen molar-refractivity contribution in [1.29, 1.82) is 0 Å². The molecule has 1 atom stereocenters. The number of nitrogens with one attached hydrogen (secondary N) is 1. The summed E-state index contributed by atoms with van der Waals surface area (Å²) >= 11 is 0. The molecule has 1 unspecified atom stereocenters. The zero-order chi connectivity index (χ0) is 11.5. The maximum absolute atomic E-state index is 14.1. The van der Waals surface area contributed by atoms with Crippen molar-refractivity contribution in [3.8, 4) is 5.75 Å². The Kier molecular flexibility index (Phi) is 3.63. The molecule has 1 rings (SSSR count). The van der Waals surface area contributed by atoms with Crippen molar-refractivity contribution in [3.63, 3.8) is 0 Å². The summed E-state index contributed by atoms with van der Waals surface area (Å²) in [4.78, 5) is 0. The van der Waals surface area contributed by atoms with Gasteiger partial charge in [0.25, 0.3) is 0 Å². The van der Waals surface area contributed by atoms with E-state index in [4.69, 9.17) is 4.74 Å². The van der Waals surface area contributed by atoms with Crippen LogP contribution >= 0.6 is 0 Å². The number of ether oxygens (including phenoxy) is 1. The SMILES string of the molecule is CNCC(C)(F)c1cc(F)ccc1OC. The van der Waals surface area contributed by atoms with Crippen molar-refractivity contribution in [2.45, 2.75) is 12.6 Å². The zero-order valence-corrected chi connectivity index (χ0v) is 9.10. The summed E-state index contributed by atoms with van der Waals surface area (Å²) in [6, 6.07) is 3.84. The molecule has 1 N–H and O–H groups in total. The van der Waals surface area contributed by atoms with Gasteiger partial charge < -0.3 is 10.1 Å². The lowest BCUT2D eigenvalue weighted by Crippen LogP contribution is -2.29. The largest absolute Gasteiger partial charge is 0.496 e. The van der Waals surface area contributed by atoms with E-state index in [-0.39, 0.29) is 12.1 Å². The third-order valence-electron chi connectivity index (χ3n) is 2.23. The van der Waals surface area contributed by atoms with Crippen molar-refractivity contribution in [3.05, 3.63) is 29.6 Å². The summed E-state index contributed by atoms with van der Waals surface area (Å²) in [6.07, 6.45) is 0. The monoisotopic (exact) mass is 215 g/mol. The number of alkyl halides is 1. The van der Waals surface area contributed by atoms with E-state index in [1.807, 2.05) is 0 Å². The van der Waals surface area contributed by atoms with Crippen LogP contribution < -0.4 is 10.1 Å². The first-order chi connectivity index (χ1) is 7.01. The Morgan fingerprint density at radius 2 is 2.13 bits per heavy atom. The molecule has 0 heterocycles. The molecule has 0 bridgehead atoms. The fourth-order valence-corrected chi connectivity index (χ4v) is 1.51. The molecule has 2 nitrogen and oxygen atoms in total. The van der Waals surface area contributed by atoms with Gasteiger partial charge in [0.1, 0.15) is 17.2 Å². The molecule has 1 aromatic carbocycles. The van der Waals surface area contributed by atoms with Crippen molar-refractivity contribution in [2.75, 3.05) is 20.7 Å². The molecule has 15 heavy (non-hydrogen) atoms. The number of halogens is 2. The van der Waals surface area contributed by atoms with Gasteiger partial charge in [-0.05, 0) is 32.2 Å². The summed E-state index contributed by atoms with van der Waals surface area (Å²) in [6.45, 7) is 1.49. The van der Waals surface area contributed by atoms with Gasteiger partial charge in [0.15, 0.2) is 0 Å². The molecule has 0 aliphatic carbocycles. The number of methoxy groups -OCH3 is 1. The minimum atomic E-state index is -1.65. The van der Waals surface area contributed by atoms with Crippen LogP contribution in [0.15, 0.2) is 18.2 Å². The Morgan fingerprint density at radius 3 is 2.67 bits per heavy atom. The average molecular weight is 215 g/mol. The van der Waals surface area contributed by atoms with Crippen LogP contribution in [0.5, 0.6) is 5.75 Å². The van der Waals surface area contributed by atoms with E-state index in [2.05, 4.69) is 5.32 Å². The highest BCUT2D eigenvalue weighted by Gasteiger charge is 2.29. The normalized spacial score (nSPS) is 14.7. The van der Waals surface area contributed by atoms with Gasteiger partial charge in [-0.25, -0.2) is 8.78 Å². The molecule has 0 amide bonds. The Hall–Kier alpha value is -1.16. The maximum atomic E-state index is 14.1. The number of hydrogen-bond donors (Lipinski definition) is 1. The van der Waals surface area contributed by atoms with Gasteiger partial charge in [-0.15, -0.1) is 0 Å². The molecular weight excluding hydrogens is 200 g/mol. The van der Waals surface area contributed by atoms with Crippen LogP contribution in [0.4, 0.5) is 8.78 Å². The molecule has 0 aromatic heterocycles. The number of rotatable bonds is 4. The van der Waals surface area contributed by atoms with Crippen LogP contribution in [-0.2, 0) is 5.67 Å². The van der Waals surface area contributed by atoms with Crippen LogP contribution in [0, 0.1) is 5.82 Å². The van der Waals surface area contributed by atoms with Gasteiger partial charge in [0.05, 0.1) is 7.11 Å². The Balaban J connectivity index is 3.15. The standard InChI is InChI=1S/C11H15F2NO/c1-11(13,7-14-2)9-6-8(12)4-5-10(9)15-3/h4-6,14H,7H2,1-3H3. The number of likely N-dealkylation sites (N-methyl/N-ethyl adjacent to an activating group) is 1. The lowest BCUT2D eigenvalue weighted by Gasteiger charge is -2.22. The molecule has 0 aliphatic rings. The fourth-order valence-electron chi connectivity index (χ4n) is 1.51. The van der Waals surface area contributed by atoms with E-state index in [0.717, 1.165) is 6.07 Å². The van der Waals surface area contributed by atoms with E-state index in [1.165, 1.54) is 26.2 Å². The molecule has 0 radical (unpaired) electrons. The van der Waals surface area contributed by atoms with Gasteiger partial charge in [-0.2, -0.15) is 0 Å². The minimum Gasteiger partial charge on any atom is -0.496 e. The summed E-state index contributed by atoms with van der Waals surface area (Å²) in [5.41, 5.74) is -1.43. The first-order valence-electron chi connectivity index (χ1n) is 4.69. The van der Waals surface area contributed by atoms with Gasteiger partial charge in [0, 0.05) is 12.1 Å². The van der Waals surface area contributed by atoms with E-state index in [0.29, 0.717) is 5.75 Å². The second-order valence-electron chi connectivity index (χ2n) is 3.57. The topological polar surface area (TPSA) is 21.3 Å². The van der Waals surface area contributed by atoms with Gasteiger partial charge in [-0.3, -0.25) is 0 Å². The third kappa shape index (κ3) is 2.65. The van der Waals surface area contributed by atoms with Crippen molar-refractivity contribution < 1.29 is 13.5 Å². The number of hydrogen-bond acceptors (Lipinski definition) is 2. The molecule has 84 valence electrons. The van der Waals surface area contributed by atoms with E-state index < -0.39 is 11.5 Å².